The average molecular weight is 256 g/mol. The lowest BCUT2D eigenvalue weighted by atomic mass is 9.85. The Morgan fingerprint density at radius 1 is 1.59 bits per heavy atom. The molecule has 1 aromatic heterocycles. The zero-order chi connectivity index (χ0) is 13.1. The molecule has 0 saturated heterocycles. The van der Waals surface area contributed by atoms with Gasteiger partial charge in [0.2, 0.25) is 0 Å². The summed E-state index contributed by atoms with van der Waals surface area (Å²) in [5, 5.41) is 15.0. The fourth-order valence-electron chi connectivity index (χ4n) is 1.43. The van der Waals surface area contributed by atoms with Crippen LogP contribution in [0.15, 0.2) is 5.38 Å². The molecule has 0 spiro atoms. The van der Waals surface area contributed by atoms with Gasteiger partial charge in [0.25, 0.3) is 0 Å². The molecule has 0 aromatic carbocycles. The monoisotopic (exact) mass is 256 g/mol. The van der Waals surface area contributed by atoms with Crippen molar-refractivity contribution in [2.75, 3.05) is 5.32 Å². The molecule has 1 atom stereocenters. The molecule has 0 amide bonds. The number of rotatable bonds is 5. The van der Waals surface area contributed by atoms with Gasteiger partial charge < -0.3 is 10.4 Å². The van der Waals surface area contributed by atoms with Gasteiger partial charge in [-0.3, -0.25) is 4.79 Å². The van der Waals surface area contributed by atoms with E-state index in [1.165, 1.54) is 11.3 Å². The molecular weight excluding hydrogens is 236 g/mol. The summed E-state index contributed by atoms with van der Waals surface area (Å²) in [6.45, 7) is 8.14. The second-order valence-electron chi connectivity index (χ2n) is 5.16. The summed E-state index contributed by atoms with van der Waals surface area (Å²) in [7, 11) is 0. The maximum Gasteiger partial charge on any atom is 0.305 e. The number of anilines is 1. The number of carboxylic acid groups (broad SMARTS) is 1. The minimum Gasteiger partial charge on any atom is -0.481 e. The van der Waals surface area contributed by atoms with Gasteiger partial charge in [0, 0.05) is 11.4 Å². The number of aromatic nitrogens is 1. The average Bonchev–Trinajstić information content (AvgIpc) is 2.62. The number of hydrogen-bond acceptors (Lipinski definition) is 4. The van der Waals surface area contributed by atoms with Gasteiger partial charge in [-0.05, 0) is 11.8 Å². The van der Waals surface area contributed by atoms with Gasteiger partial charge in [0.05, 0.1) is 12.1 Å². The Balaban J connectivity index is 2.75. The van der Waals surface area contributed by atoms with Gasteiger partial charge in [-0.2, -0.15) is 0 Å². The lowest BCUT2D eigenvalue weighted by molar-refractivity contribution is -0.137. The number of aryl methyl sites for hydroxylation is 1. The van der Waals surface area contributed by atoms with E-state index in [-0.39, 0.29) is 17.9 Å². The van der Waals surface area contributed by atoms with Crippen molar-refractivity contribution in [3.05, 3.63) is 11.1 Å². The van der Waals surface area contributed by atoms with Crippen molar-refractivity contribution in [1.29, 1.82) is 0 Å². The minimum atomic E-state index is -0.787. The van der Waals surface area contributed by atoms with E-state index in [0.29, 0.717) is 0 Å². The number of hydrogen-bond donors (Lipinski definition) is 2. The van der Waals surface area contributed by atoms with Gasteiger partial charge in [0.15, 0.2) is 5.13 Å². The molecule has 0 aliphatic carbocycles. The Morgan fingerprint density at radius 2 is 2.24 bits per heavy atom. The first kappa shape index (κ1) is 14.0. The van der Waals surface area contributed by atoms with Crippen molar-refractivity contribution < 1.29 is 9.90 Å². The summed E-state index contributed by atoms with van der Waals surface area (Å²) in [6, 6.07) is -0.115. The summed E-state index contributed by atoms with van der Waals surface area (Å²) in [4.78, 5) is 15.3. The van der Waals surface area contributed by atoms with Crippen LogP contribution in [0.25, 0.3) is 0 Å². The first-order valence-electron chi connectivity index (χ1n) is 5.75. The first-order chi connectivity index (χ1) is 7.82. The molecule has 0 fully saturated rings. The second kappa shape index (κ2) is 5.49. The number of nitrogens with zero attached hydrogens (tertiary/aromatic N) is 1. The number of carbonyl (C=O) groups is 1. The van der Waals surface area contributed by atoms with E-state index in [2.05, 4.69) is 17.2 Å². The van der Waals surface area contributed by atoms with Crippen molar-refractivity contribution in [2.24, 2.45) is 5.41 Å². The van der Waals surface area contributed by atoms with Crippen LogP contribution in [0.1, 0.15) is 39.8 Å². The quantitative estimate of drug-likeness (QED) is 0.850. The molecule has 96 valence electrons. The Kier molecular flexibility index (Phi) is 4.51. The minimum absolute atomic E-state index is 0.102. The zero-order valence-corrected chi connectivity index (χ0v) is 11.6. The smallest absolute Gasteiger partial charge is 0.305 e. The highest BCUT2D eigenvalue weighted by Gasteiger charge is 2.27. The predicted octanol–water partition coefficient (Wildman–Crippen LogP) is 3.01. The normalized spacial score (nSPS) is 13.4. The molecule has 17 heavy (non-hydrogen) atoms. The molecule has 1 rings (SSSR count). The Hall–Kier alpha value is -1.10. The van der Waals surface area contributed by atoms with Crippen LogP contribution in [0.3, 0.4) is 0 Å². The lowest BCUT2D eigenvalue weighted by Gasteiger charge is -2.30. The van der Waals surface area contributed by atoms with Crippen LogP contribution in [0.2, 0.25) is 0 Å². The molecule has 0 saturated carbocycles. The maximum atomic E-state index is 10.9. The van der Waals surface area contributed by atoms with Crippen molar-refractivity contribution in [1.82, 2.24) is 4.98 Å². The SMILES string of the molecule is CCc1csc(NC(CC(=O)O)C(C)(C)C)n1. The Morgan fingerprint density at radius 3 is 2.65 bits per heavy atom. The molecule has 0 bridgehead atoms. The van der Waals surface area contributed by atoms with E-state index in [1.54, 1.807) is 0 Å². The molecule has 0 radical (unpaired) electrons. The van der Waals surface area contributed by atoms with Crippen molar-refractivity contribution in [3.63, 3.8) is 0 Å². The maximum absolute atomic E-state index is 10.9. The summed E-state index contributed by atoms with van der Waals surface area (Å²) >= 11 is 1.53. The van der Waals surface area contributed by atoms with Gasteiger partial charge in [-0.1, -0.05) is 27.7 Å². The van der Waals surface area contributed by atoms with Crippen molar-refractivity contribution >= 4 is 22.4 Å². The molecule has 1 heterocycles. The standard InChI is InChI=1S/C12H20N2O2S/c1-5-8-7-17-11(13-8)14-9(6-10(15)16)12(2,3)4/h7,9H,5-6H2,1-4H3,(H,13,14)(H,15,16). The first-order valence-corrected chi connectivity index (χ1v) is 6.63. The second-order valence-corrected chi connectivity index (χ2v) is 6.02. The van der Waals surface area contributed by atoms with Gasteiger partial charge >= 0.3 is 5.97 Å². The summed E-state index contributed by atoms with van der Waals surface area (Å²) in [5.41, 5.74) is 0.927. The van der Waals surface area contributed by atoms with Crippen LogP contribution in [-0.2, 0) is 11.2 Å². The molecule has 5 heteroatoms. The van der Waals surface area contributed by atoms with Crippen molar-refractivity contribution in [2.45, 2.75) is 46.6 Å². The summed E-state index contributed by atoms with van der Waals surface area (Å²) in [6.07, 6.45) is 1.00. The van der Waals surface area contributed by atoms with Crippen LogP contribution in [0.5, 0.6) is 0 Å². The molecular formula is C12H20N2O2S. The van der Waals surface area contributed by atoms with Crippen LogP contribution >= 0.6 is 11.3 Å². The molecule has 4 nitrogen and oxygen atoms in total. The number of carboxylic acids is 1. The van der Waals surface area contributed by atoms with Crippen LogP contribution < -0.4 is 5.32 Å². The predicted molar refractivity (Wildman–Crippen MR) is 70.6 cm³/mol. The Labute approximate surface area is 106 Å². The fraction of sp³-hybridized carbons (Fsp3) is 0.667. The zero-order valence-electron chi connectivity index (χ0n) is 10.8. The molecule has 0 aliphatic rings. The Bertz CT molecular complexity index is 382. The van der Waals surface area contributed by atoms with Gasteiger partial charge in [0.1, 0.15) is 0 Å². The fourth-order valence-corrected chi connectivity index (χ4v) is 2.28. The molecule has 1 unspecified atom stereocenters. The van der Waals surface area contributed by atoms with E-state index >= 15 is 0 Å². The van der Waals surface area contributed by atoms with Crippen LogP contribution in [0.4, 0.5) is 5.13 Å². The molecule has 0 aliphatic heterocycles. The lowest BCUT2D eigenvalue weighted by Crippen LogP contribution is -2.36. The van der Waals surface area contributed by atoms with Crippen molar-refractivity contribution in [3.8, 4) is 0 Å². The van der Waals surface area contributed by atoms with Gasteiger partial charge in [-0.25, -0.2) is 4.98 Å². The largest absolute Gasteiger partial charge is 0.481 e. The van der Waals surface area contributed by atoms with E-state index in [9.17, 15) is 4.79 Å². The third-order valence-corrected chi connectivity index (χ3v) is 3.46. The van der Waals surface area contributed by atoms with Crippen LogP contribution in [-0.4, -0.2) is 22.1 Å². The third kappa shape index (κ3) is 4.34. The number of thiazole rings is 1. The molecule has 2 N–H and O–H groups in total. The highest BCUT2D eigenvalue weighted by Crippen LogP contribution is 2.27. The topological polar surface area (TPSA) is 62.2 Å². The summed E-state index contributed by atoms with van der Waals surface area (Å²) < 4.78 is 0. The third-order valence-electron chi connectivity index (χ3n) is 2.64. The number of nitrogens with one attached hydrogen (secondary N) is 1. The highest BCUT2D eigenvalue weighted by molar-refractivity contribution is 7.13. The van der Waals surface area contributed by atoms with Gasteiger partial charge in [-0.15, -0.1) is 11.3 Å². The van der Waals surface area contributed by atoms with E-state index in [1.807, 2.05) is 26.2 Å². The van der Waals surface area contributed by atoms with E-state index in [0.717, 1.165) is 17.2 Å². The number of aliphatic carboxylic acids is 1. The van der Waals surface area contributed by atoms with E-state index < -0.39 is 5.97 Å². The van der Waals surface area contributed by atoms with Crippen LogP contribution in [0, 0.1) is 5.41 Å². The van der Waals surface area contributed by atoms with E-state index in [4.69, 9.17) is 5.11 Å². The molecule has 1 aromatic rings. The highest BCUT2D eigenvalue weighted by atomic mass is 32.1. The summed E-state index contributed by atoms with van der Waals surface area (Å²) in [5.74, 6) is -0.787.